The highest BCUT2D eigenvalue weighted by Crippen LogP contribution is 2.41. The maximum atomic E-state index is 13.6. The minimum atomic E-state index is -2.65. The van der Waals surface area contributed by atoms with Gasteiger partial charge in [0.15, 0.2) is 0 Å². The van der Waals surface area contributed by atoms with Crippen molar-refractivity contribution in [1.29, 1.82) is 0 Å². The molecule has 1 saturated heterocycles. The molecule has 2 aromatic carbocycles. The van der Waals surface area contributed by atoms with Crippen LogP contribution >= 0.6 is 0 Å². The molecular formula is C17H18F2N2O. The van der Waals surface area contributed by atoms with Crippen molar-refractivity contribution in [2.24, 2.45) is 0 Å². The maximum Gasteiger partial charge on any atom is 0.266 e. The van der Waals surface area contributed by atoms with Crippen molar-refractivity contribution in [1.82, 2.24) is 0 Å². The highest BCUT2D eigenvalue weighted by molar-refractivity contribution is 5.84. The van der Waals surface area contributed by atoms with E-state index in [-0.39, 0.29) is 13.0 Å². The number of ether oxygens (including phenoxy) is 1. The Hall–Kier alpha value is -2.30. The first-order valence-electron chi connectivity index (χ1n) is 7.16. The van der Waals surface area contributed by atoms with Crippen LogP contribution in [0.25, 0.3) is 11.1 Å². The van der Waals surface area contributed by atoms with Crippen LogP contribution in [0.5, 0.6) is 5.75 Å². The number of alkyl halides is 2. The summed E-state index contributed by atoms with van der Waals surface area (Å²) in [4.78, 5) is 1.70. The first kappa shape index (κ1) is 14.6. The highest BCUT2D eigenvalue weighted by atomic mass is 19.3. The Balaban J connectivity index is 2.10. The van der Waals surface area contributed by atoms with Gasteiger partial charge in [-0.15, -0.1) is 0 Å². The lowest BCUT2D eigenvalue weighted by Gasteiger charge is -2.23. The number of hydrogen-bond acceptors (Lipinski definition) is 3. The Morgan fingerprint density at radius 2 is 1.91 bits per heavy atom. The van der Waals surface area contributed by atoms with Crippen LogP contribution in [0.2, 0.25) is 0 Å². The molecule has 0 spiro atoms. The molecule has 1 fully saturated rings. The molecule has 1 heterocycles. The van der Waals surface area contributed by atoms with Gasteiger partial charge in [0.2, 0.25) is 0 Å². The maximum absolute atomic E-state index is 13.6. The molecule has 3 rings (SSSR count). The van der Waals surface area contributed by atoms with Gasteiger partial charge >= 0.3 is 0 Å². The lowest BCUT2D eigenvalue weighted by Crippen LogP contribution is -2.25. The average molecular weight is 304 g/mol. The lowest BCUT2D eigenvalue weighted by molar-refractivity contribution is 0.0257. The minimum absolute atomic E-state index is 0.131. The molecule has 1 aliphatic rings. The topological polar surface area (TPSA) is 38.5 Å². The quantitative estimate of drug-likeness (QED) is 0.877. The largest absolute Gasteiger partial charge is 0.495 e. The molecule has 5 heteroatoms. The normalized spacial score (nSPS) is 16.8. The van der Waals surface area contributed by atoms with E-state index >= 15 is 0 Å². The van der Waals surface area contributed by atoms with Crippen LogP contribution in [-0.2, 0) is 0 Å². The Morgan fingerprint density at radius 3 is 2.50 bits per heavy atom. The number of hydrogen-bond donors (Lipinski definition) is 1. The Bertz CT molecular complexity index is 674. The average Bonchev–Trinajstić information content (AvgIpc) is 2.88. The minimum Gasteiger partial charge on any atom is -0.495 e. The molecule has 2 N–H and O–H groups in total. The molecule has 0 atom stereocenters. The van der Waals surface area contributed by atoms with Gasteiger partial charge in [0, 0.05) is 30.3 Å². The monoisotopic (exact) mass is 304 g/mol. The zero-order valence-electron chi connectivity index (χ0n) is 12.4. The fourth-order valence-electron chi connectivity index (χ4n) is 2.81. The molecule has 0 aliphatic carbocycles. The molecule has 0 saturated carbocycles. The number of anilines is 2. The second-order valence-corrected chi connectivity index (χ2v) is 5.50. The van der Waals surface area contributed by atoms with Crippen molar-refractivity contribution in [2.75, 3.05) is 30.8 Å². The number of methoxy groups -OCH3 is 1. The van der Waals surface area contributed by atoms with Crippen LogP contribution < -0.4 is 15.4 Å². The van der Waals surface area contributed by atoms with Crippen LogP contribution in [0.15, 0.2) is 42.5 Å². The predicted octanol–water partition coefficient (Wildman–Crippen LogP) is 3.79. The Kier molecular flexibility index (Phi) is 3.64. The summed E-state index contributed by atoms with van der Waals surface area (Å²) in [6, 6.07) is 13.2. The van der Waals surface area contributed by atoms with Crippen molar-refractivity contribution in [3.63, 3.8) is 0 Å². The van der Waals surface area contributed by atoms with E-state index < -0.39 is 5.92 Å². The zero-order valence-corrected chi connectivity index (χ0v) is 12.4. The number of nitrogens with two attached hydrogens (primary N) is 1. The van der Waals surface area contributed by atoms with Gasteiger partial charge in [-0.25, -0.2) is 8.78 Å². The van der Waals surface area contributed by atoms with Gasteiger partial charge in [-0.2, -0.15) is 0 Å². The van der Waals surface area contributed by atoms with Gasteiger partial charge in [0.1, 0.15) is 5.75 Å². The summed E-state index contributed by atoms with van der Waals surface area (Å²) in [6.07, 6.45) is -0.131. The summed E-state index contributed by atoms with van der Waals surface area (Å²) in [5.41, 5.74) is 9.02. The molecule has 2 aromatic rings. The Labute approximate surface area is 128 Å². The van der Waals surface area contributed by atoms with E-state index in [1.807, 2.05) is 30.3 Å². The predicted molar refractivity (Wildman–Crippen MR) is 84.6 cm³/mol. The number of rotatable bonds is 3. The van der Waals surface area contributed by atoms with E-state index in [0.717, 1.165) is 16.8 Å². The third kappa shape index (κ3) is 2.71. The van der Waals surface area contributed by atoms with Gasteiger partial charge in [-0.1, -0.05) is 30.3 Å². The van der Waals surface area contributed by atoms with Crippen molar-refractivity contribution >= 4 is 11.4 Å². The van der Waals surface area contributed by atoms with Crippen molar-refractivity contribution < 1.29 is 13.5 Å². The molecule has 1 aliphatic heterocycles. The SMILES string of the molecule is COc1cc(N2CCC(F)(F)C2)c(-c2ccccc2)cc1N. The Morgan fingerprint density at radius 1 is 1.18 bits per heavy atom. The molecule has 116 valence electrons. The third-order valence-electron chi connectivity index (χ3n) is 3.94. The third-order valence-corrected chi connectivity index (χ3v) is 3.94. The van der Waals surface area contributed by atoms with E-state index in [0.29, 0.717) is 18.0 Å². The zero-order chi connectivity index (χ0) is 15.7. The molecule has 3 nitrogen and oxygen atoms in total. The molecule has 22 heavy (non-hydrogen) atoms. The van der Waals surface area contributed by atoms with Crippen LogP contribution in [0, 0.1) is 0 Å². The van der Waals surface area contributed by atoms with Crippen LogP contribution in [0.4, 0.5) is 20.2 Å². The summed E-state index contributed by atoms with van der Waals surface area (Å²) >= 11 is 0. The summed E-state index contributed by atoms with van der Waals surface area (Å²) in [7, 11) is 1.52. The van der Waals surface area contributed by atoms with Gasteiger partial charge in [0.25, 0.3) is 5.92 Å². The van der Waals surface area contributed by atoms with Crippen molar-refractivity contribution in [2.45, 2.75) is 12.3 Å². The van der Waals surface area contributed by atoms with E-state index in [9.17, 15) is 8.78 Å². The van der Waals surface area contributed by atoms with E-state index in [2.05, 4.69) is 0 Å². The molecule has 0 amide bonds. The second-order valence-electron chi connectivity index (χ2n) is 5.50. The smallest absolute Gasteiger partial charge is 0.266 e. The van der Waals surface area contributed by atoms with E-state index in [1.54, 1.807) is 17.0 Å². The van der Waals surface area contributed by atoms with Crippen molar-refractivity contribution in [3.05, 3.63) is 42.5 Å². The highest BCUT2D eigenvalue weighted by Gasteiger charge is 2.39. The number of nitrogen functional groups attached to an aromatic ring is 1. The van der Waals surface area contributed by atoms with Crippen molar-refractivity contribution in [3.8, 4) is 16.9 Å². The number of halogens is 2. The first-order valence-corrected chi connectivity index (χ1v) is 7.16. The van der Waals surface area contributed by atoms with Gasteiger partial charge in [0.05, 0.1) is 19.3 Å². The summed E-state index contributed by atoms with van der Waals surface area (Å²) in [6.45, 7) is 0.0415. The number of benzene rings is 2. The van der Waals surface area contributed by atoms with Crippen LogP contribution in [0.3, 0.4) is 0 Å². The summed E-state index contributed by atoms with van der Waals surface area (Å²) < 4.78 is 32.4. The van der Waals surface area contributed by atoms with E-state index in [1.165, 1.54) is 7.11 Å². The first-order chi connectivity index (χ1) is 10.5. The molecule has 0 unspecified atom stereocenters. The van der Waals surface area contributed by atoms with Gasteiger partial charge in [-0.05, 0) is 11.6 Å². The van der Waals surface area contributed by atoms with Crippen LogP contribution in [-0.4, -0.2) is 26.1 Å². The van der Waals surface area contributed by atoms with E-state index in [4.69, 9.17) is 10.5 Å². The fraction of sp³-hybridized carbons (Fsp3) is 0.294. The summed E-state index contributed by atoms with van der Waals surface area (Å²) in [5.74, 6) is -2.15. The number of nitrogens with zero attached hydrogens (tertiary/aromatic N) is 1. The molecule has 0 radical (unpaired) electrons. The van der Waals surface area contributed by atoms with Gasteiger partial charge < -0.3 is 15.4 Å². The van der Waals surface area contributed by atoms with Gasteiger partial charge in [-0.3, -0.25) is 0 Å². The fourth-order valence-corrected chi connectivity index (χ4v) is 2.81. The lowest BCUT2D eigenvalue weighted by atomic mass is 10.0. The van der Waals surface area contributed by atoms with Crippen LogP contribution in [0.1, 0.15) is 6.42 Å². The molecular weight excluding hydrogens is 286 g/mol. The second kappa shape index (κ2) is 5.48. The standard InChI is InChI=1S/C17H18F2N2O/c1-22-16-10-15(21-8-7-17(18,19)11-21)13(9-14(16)20)12-5-3-2-4-6-12/h2-6,9-10H,7-8,11,20H2,1H3. The molecule has 0 bridgehead atoms. The summed E-state index contributed by atoms with van der Waals surface area (Å²) in [5, 5.41) is 0. The molecule has 0 aromatic heterocycles.